The molecule has 1 aromatic carbocycles. The number of carbonyl (C=O) groups excluding carboxylic acids is 1. The zero-order chi connectivity index (χ0) is 20.5. The number of hydrogen-bond donors (Lipinski definition) is 2. The van der Waals surface area contributed by atoms with E-state index in [1.165, 1.54) is 23.9 Å². The normalized spacial score (nSPS) is 10.9. The van der Waals surface area contributed by atoms with Crippen LogP contribution >= 0.6 is 11.3 Å². The van der Waals surface area contributed by atoms with Crippen molar-refractivity contribution in [2.45, 2.75) is 0 Å². The number of anilines is 2. The molecule has 0 aliphatic carbocycles. The van der Waals surface area contributed by atoms with Gasteiger partial charge in [-0.05, 0) is 42.5 Å². The molecule has 1 amide bonds. The highest BCUT2D eigenvalue weighted by Crippen LogP contribution is 2.31. The van der Waals surface area contributed by atoms with Gasteiger partial charge in [0.1, 0.15) is 33.8 Å². The molecule has 4 heterocycles. The van der Waals surface area contributed by atoms with E-state index < -0.39 is 5.91 Å². The van der Waals surface area contributed by atoms with Gasteiger partial charge in [-0.2, -0.15) is 0 Å². The van der Waals surface area contributed by atoms with Crippen molar-refractivity contribution in [1.82, 2.24) is 24.9 Å². The van der Waals surface area contributed by atoms with E-state index in [1.807, 2.05) is 12.1 Å². The first-order valence-electron chi connectivity index (χ1n) is 8.83. The highest BCUT2D eigenvalue weighted by molar-refractivity contribution is 7.21. The second kappa shape index (κ2) is 7.33. The molecule has 5 aromatic rings. The van der Waals surface area contributed by atoms with E-state index in [0.29, 0.717) is 16.7 Å². The van der Waals surface area contributed by atoms with Crippen LogP contribution in [-0.2, 0) is 0 Å². The number of primary amides is 1. The van der Waals surface area contributed by atoms with Crippen LogP contribution in [0.4, 0.5) is 10.9 Å². The zero-order valence-corrected chi connectivity index (χ0v) is 16.1. The summed E-state index contributed by atoms with van der Waals surface area (Å²) in [6.07, 6.45) is 4.73. The number of fused-ring (bicyclic) bond motifs is 2. The maximum atomic E-state index is 11.6. The number of carbonyl (C=O) groups is 1. The number of amides is 1. The van der Waals surface area contributed by atoms with Crippen molar-refractivity contribution >= 4 is 49.4 Å². The molecular weight excluding hydrogens is 402 g/mol. The fraction of sp³-hybridized carbons (Fsp3) is 0. The van der Waals surface area contributed by atoms with Gasteiger partial charge in [0, 0.05) is 17.8 Å². The Balaban J connectivity index is 1.52. The van der Waals surface area contributed by atoms with E-state index in [4.69, 9.17) is 10.5 Å². The molecule has 0 aliphatic heterocycles. The highest BCUT2D eigenvalue weighted by Gasteiger charge is 2.13. The molecule has 0 saturated heterocycles. The van der Waals surface area contributed by atoms with Crippen molar-refractivity contribution in [1.29, 1.82) is 0 Å². The van der Waals surface area contributed by atoms with Crippen LogP contribution in [0.25, 0.3) is 21.3 Å². The quantitative estimate of drug-likeness (QED) is 0.445. The number of pyridine rings is 2. The minimum absolute atomic E-state index is 0.132. The first-order valence-corrected chi connectivity index (χ1v) is 9.65. The summed E-state index contributed by atoms with van der Waals surface area (Å²) in [5.41, 5.74) is 7.12. The first kappa shape index (κ1) is 17.9. The van der Waals surface area contributed by atoms with Crippen molar-refractivity contribution in [3.05, 3.63) is 66.7 Å². The van der Waals surface area contributed by atoms with Crippen molar-refractivity contribution in [2.24, 2.45) is 5.73 Å². The van der Waals surface area contributed by atoms with Crippen LogP contribution in [0.3, 0.4) is 0 Å². The molecule has 0 bridgehead atoms. The summed E-state index contributed by atoms with van der Waals surface area (Å²) in [7, 11) is 0. The molecule has 4 aromatic heterocycles. The third-order valence-corrected chi connectivity index (χ3v) is 5.14. The number of hydrogen-bond acceptors (Lipinski definition) is 9. The predicted molar refractivity (Wildman–Crippen MR) is 113 cm³/mol. The molecule has 9 nitrogen and oxygen atoms in total. The largest absolute Gasteiger partial charge is 0.438 e. The van der Waals surface area contributed by atoms with E-state index >= 15 is 0 Å². The first-order chi connectivity index (χ1) is 14.7. The maximum absolute atomic E-state index is 11.6. The fourth-order valence-electron chi connectivity index (χ4n) is 2.89. The molecule has 0 radical (unpaired) electrons. The summed E-state index contributed by atoms with van der Waals surface area (Å²) in [6.45, 7) is 0. The Morgan fingerprint density at radius 3 is 2.73 bits per heavy atom. The molecule has 0 fully saturated rings. The van der Waals surface area contributed by atoms with Crippen LogP contribution in [0.15, 0.2) is 61.2 Å². The lowest BCUT2D eigenvalue weighted by Crippen LogP contribution is -2.12. The molecule has 30 heavy (non-hydrogen) atoms. The zero-order valence-electron chi connectivity index (χ0n) is 15.3. The lowest BCUT2D eigenvalue weighted by Gasteiger charge is -2.10. The molecule has 5 rings (SSSR count). The Morgan fingerprint density at radius 2 is 1.87 bits per heavy atom. The Morgan fingerprint density at radius 1 is 1.00 bits per heavy atom. The molecule has 0 saturated carbocycles. The van der Waals surface area contributed by atoms with Gasteiger partial charge in [-0.15, -0.1) is 0 Å². The summed E-state index contributed by atoms with van der Waals surface area (Å²) in [4.78, 5) is 34.0. The molecule has 10 heteroatoms. The van der Waals surface area contributed by atoms with E-state index in [-0.39, 0.29) is 11.4 Å². The molecule has 0 aliphatic rings. The minimum atomic E-state index is -0.617. The topological polar surface area (TPSA) is 129 Å². The van der Waals surface area contributed by atoms with E-state index in [9.17, 15) is 4.79 Å². The third kappa shape index (κ3) is 3.35. The predicted octanol–water partition coefficient (Wildman–Crippen LogP) is 3.66. The van der Waals surface area contributed by atoms with Crippen LogP contribution in [0.2, 0.25) is 0 Å². The second-order valence-corrected chi connectivity index (χ2v) is 7.17. The Kier molecular flexibility index (Phi) is 4.37. The van der Waals surface area contributed by atoms with Gasteiger partial charge >= 0.3 is 0 Å². The van der Waals surface area contributed by atoms with Gasteiger partial charge in [0.2, 0.25) is 5.88 Å². The summed E-state index contributed by atoms with van der Waals surface area (Å²) < 4.78 is 5.81. The van der Waals surface area contributed by atoms with Crippen LogP contribution in [0.5, 0.6) is 11.6 Å². The SMILES string of the molecule is NC(=O)c1cccnc1Oc1ccc2ncnc(Nc3nc4cccnc4s3)c2c1. The Hall–Kier alpha value is -4.18. The van der Waals surface area contributed by atoms with Crippen molar-refractivity contribution in [2.75, 3.05) is 5.32 Å². The molecular formula is C20H13N7O2S. The van der Waals surface area contributed by atoms with Crippen LogP contribution in [-0.4, -0.2) is 30.8 Å². The van der Waals surface area contributed by atoms with Crippen LogP contribution in [0.1, 0.15) is 10.4 Å². The second-order valence-electron chi connectivity index (χ2n) is 6.20. The number of rotatable bonds is 5. The number of thiazole rings is 1. The van der Waals surface area contributed by atoms with Crippen LogP contribution in [0, 0.1) is 0 Å². The van der Waals surface area contributed by atoms with E-state index in [2.05, 4.69) is 30.2 Å². The number of nitrogens with two attached hydrogens (primary N) is 1. The van der Waals surface area contributed by atoms with Gasteiger partial charge in [0.05, 0.1) is 5.52 Å². The Bertz CT molecular complexity index is 1370. The van der Waals surface area contributed by atoms with Crippen molar-refractivity contribution in [3.8, 4) is 11.6 Å². The molecule has 0 unspecified atom stereocenters. The molecule has 0 atom stereocenters. The summed E-state index contributed by atoms with van der Waals surface area (Å²) >= 11 is 1.43. The Labute approximate surface area is 173 Å². The lowest BCUT2D eigenvalue weighted by atomic mass is 10.2. The van der Waals surface area contributed by atoms with Crippen LogP contribution < -0.4 is 15.8 Å². The molecule has 3 N–H and O–H groups in total. The van der Waals surface area contributed by atoms with Gasteiger partial charge in [0.15, 0.2) is 5.13 Å². The third-order valence-electron chi connectivity index (χ3n) is 4.25. The van der Waals surface area contributed by atoms with Gasteiger partial charge in [-0.25, -0.2) is 24.9 Å². The van der Waals surface area contributed by atoms with E-state index in [1.54, 1.807) is 36.5 Å². The average Bonchev–Trinajstić information content (AvgIpc) is 3.17. The van der Waals surface area contributed by atoms with Gasteiger partial charge in [-0.3, -0.25) is 4.79 Å². The number of benzene rings is 1. The number of ether oxygens (including phenoxy) is 1. The number of nitrogens with one attached hydrogen (secondary N) is 1. The minimum Gasteiger partial charge on any atom is -0.438 e. The molecule has 0 spiro atoms. The summed E-state index contributed by atoms with van der Waals surface area (Å²) in [5.74, 6) is 0.551. The molecule has 146 valence electrons. The van der Waals surface area contributed by atoms with E-state index in [0.717, 1.165) is 21.3 Å². The van der Waals surface area contributed by atoms with Gasteiger partial charge in [-0.1, -0.05) is 11.3 Å². The van der Waals surface area contributed by atoms with Crippen molar-refractivity contribution in [3.63, 3.8) is 0 Å². The smallest absolute Gasteiger partial charge is 0.254 e. The summed E-state index contributed by atoms with van der Waals surface area (Å²) in [6, 6.07) is 12.2. The maximum Gasteiger partial charge on any atom is 0.254 e. The number of nitrogens with zero attached hydrogens (tertiary/aromatic N) is 5. The fourth-order valence-corrected chi connectivity index (χ4v) is 3.70. The standard InChI is InChI=1S/C20H13N7O2S/c21-16(28)12-3-1-7-22-18(12)29-11-5-6-14-13(9-11)17(25-10-24-14)27-20-26-15-4-2-8-23-19(15)30-20/h1-10H,(H2,21,28)(H,24,25,26,27). The van der Waals surface area contributed by atoms with Gasteiger partial charge in [0.25, 0.3) is 5.91 Å². The van der Waals surface area contributed by atoms with Gasteiger partial charge < -0.3 is 15.8 Å². The highest BCUT2D eigenvalue weighted by atomic mass is 32.1. The average molecular weight is 415 g/mol. The summed E-state index contributed by atoms with van der Waals surface area (Å²) in [5, 5.41) is 4.61. The lowest BCUT2D eigenvalue weighted by molar-refractivity contribution is 0.0997. The number of aromatic nitrogens is 5. The monoisotopic (exact) mass is 415 g/mol. The van der Waals surface area contributed by atoms with Crippen molar-refractivity contribution < 1.29 is 9.53 Å².